The van der Waals surface area contributed by atoms with Crippen LogP contribution in [0.2, 0.25) is 0 Å². The maximum absolute atomic E-state index is 12.8. The van der Waals surface area contributed by atoms with E-state index < -0.39 is 4.75 Å². The van der Waals surface area contributed by atoms with E-state index in [2.05, 4.69) is 17.2 Å². The largest absolute Gasteiger partial charge is 0.339 e. The van der Waals surface area contributed by atoms with Crippen molar-refractivity contribution in [2.75, 3.05) is 13.1 Å². The molecule has 1 N–H and O–H groups in total. The van der Waals surface area contributed by atoms with Crippen molar-refractivity contribution in [2.45, 2.75) is 62.7 Å². The molecule has 2 saturated heterocycles. The lowest BCUT2D eigenvalue weighted by molar-refractivity contribution is -0.121. The molecule has 6 nitrogen and oxygen atoms in total. The number of pyridine rings is 1. The summed E-state index contributed by atoms with van der Waals surface area (Å²) in [4.78, 5) is 36.3. The van der Waals surface area contributed by atoms with E-state index in [1.165, 1.54) is 25.7 Å². The molecule has 0 spiro atoms. The topological polar surface area (TPSA) is 74.7 Å². The molecule has 3 heterocycles. The van der Waals surface area contributed by atoms with Crippen LogP contribution >= 0.6 is 11.8 Å². The number of likely N-dealkylation sites (tertiary alicyclic amines) is 1. The predicted molar refractivity (Wildman–Crippen MR) is 118 cm³/mol. The van der Waals surface area contributed by atoms with Crippen LogP contribution in [0, 0.1) is 17.8 Å². The molecule has 4 atom stereocenters. The van der Waals surface area contributed by atoms with Crippen molar-refractivity contribution in [2.24, 2.45) is 22.7 Å². The minimum absolute atomic E-state index is 0.0790. The lowest BCUT2D eigenvalue weighted by Gasteiger charge is -2.34. The van der Waals surface area contributed by atoms with Crippen molar-refractivity contribution in [3.63, 3.8) is 0 Å². The van der Waals surface area contributed by atoms with Crippen molar-refractivity contribution in [3.8, 4) is 0 Å². The number of rotatable bonds is 4. The monoisotopic (exact) mass is 426 g/mol. The Bertz CT molecular complexity index is 852. The van der Waals surface area contributed by atoms with Crippen molar-refractivity contribution >= 4 is 28.7 Å². The Labute approximate surface area is 182 Å². The Kier molecular flexibility index (Phi) is 5.33. The average Bonchev–Trinajstić information content (AvgIpc) is 3.44. The van der Waals surface area contributed by atoms with Gasteiger partial charge in [-0.1, -0.05) is 18.2 Å². The molecule has 4 fully saturated rings. The van der Waals surface area contributed by atoms with Crippen LogP contribution in [0.5, 0.6) is 0 Å². The molecule has 2 bridgehead atoms. The first-order valence-electron chi connectivity index (χ1n) is 11.3. The van der Waals surface area contributed by atoms with E-state index in [4.69, 9.17) is 4.99 Å². The van der Waals surface area contributed by atoms with Gasteiger partial charge in [0.05, 0.1) is 10.8 Å². The maximum Gasteiger partial charge on any atom is 0.253 e. The van der Waals surface area contributed by atoms with E-state index in [9.17, 15) is 9.59 Å². The van der Waals surface area contributed by atoms with Gasteiger partial charge in [-0.15, -0.1) is 0 Å². The van der Waals surface area contributed by atoms with Gasteiger partial charge in [0.15, 0.2) is 5.17 Å². The Morgan fingerprint density at radius 3 is 2.67 bits per heavy atom. The van der Waals surface area contributed by atoms with E-state index >= 15 is 0 Å². The maximum atomic E-state index is 12.8. The van der Waals surface area contributed by atoms with Crippen LogP contribution in [0.15, 0.2) is 29.5 Å². The molecule has 2 aliphatic carbocycles. The summed E-state index contributed by atoms with van der Waals surface area (Å²) in [5.74, 6) is 2.23. The minimum atomic E-state index is -0.446. The molecule has 1 aromatic rings. The second kappa shape index (κ2) is 7.98. The summed E-state index contributed by atoms with van der Waals surface area (Å²) in [6.45, 7) is 3.56. The summed E-state index contributed by atoms with van der Waals surface area (Å²) in [5, 5.41) is 3.91. The SMILES string of the molecule is CC1(CC2CCN(C(=O)c3ccncc3)CC2)SC(=N[C@H]2C[C@H]3CC[C@H]2C3)NC1=O. The number of amides is 2. The summed E-state index contributed by atoms with van der Waals surface area (Å²) in [5.41, 5.74) is 0.697. The third-order valence-corrected chi connectivity index (χ3v) is 8.72. The zero-order valence-electron chi connectivity index (χ0n) is 17.5. The van der Waals surface area contributed by atoms with E-state index in [-0.39, 0.29) is 11.8 Å². The number of hydrogen-bond acceptors (Lipinski definition) is 5. The van der Waals surface area contributed by atoms with E-state index in [1.807, 2.05) is 4.90 Å². The van der Waals surface area contributed by atoms with Crippen LogP contribution in [0.4, 0.5) is 0 Å². The lowest BCUT2D eigenvalue weighted by Crippen LogP contribution is -2.41. The van der Waals surface area contributed by atoms with Crippen LogP contribution in [0.3, 0.4) is 0 Å². The molecule has 0 aromatic carbocycles. The molecule has 1 aromatic heterocycles. The second-order valence-corrected chi connectivity index (χ2v) is 11.1. The fourth-order valence-corrected chi connectivity index (χ4v) is 7.02. The van der Waals surface area contributed by atoms with E-state index in [1.54, 1.807) is 36.3 Å². The van der Waals surface area contributed by atoms with E-state index in [0.29, 0.717) is 17.5 Å². The number of hydrogen-bond donors (Lipinski definition) is 1. The quantitative estimate of drug-likeness (QED) is 0.800. The first-order valence-corrected chi connectivity index (χ1v) is 12.1. The molecule has 5 rings (SSSR count). The lowest BCUT2D eigenvalue weighted by atomic mass is 9.87. The molecule has 30 heavy (non-hydrogen) atoms. The predicted octanol–water partition coefficient (Wildman–Crippen LogP) is 3.49. The highest BCUT2D eigenvalue weighted by Crippen LogP contribution is 2.47. The Morgan fingerprint density at radius 2 is 2.00 bits per heavy atom. The summed E-state index contributed by atoms with van der Waals surface area (Å²) >= 11 is 1.63. The number of fused-ring (bicyclic) bond motifs is 2. The molecule has 2 saturated carbocycles. The highest BCUT2D eigenvalue weighted by atomic mass is 32.2. The zero-order chi connectivity index (χ0) is 20.7. The number of piperidine rings is 1. The number of aromatic nitrogens is 1. The Hall–Kier alpha value is -1.89. The first-order chi connectivity index (χ1) is 14.5. The highest BCUT2D eigenvalue weighted by molar-refractivity contribution is 8.16. The summed E-state index contributed by atoms with van der Waals surface area (Å²) in [6, 6.07) is 3.95. The van der Waals surface area contributed by atoms with Gasteiger partial charge in [0.1, 0.15) is 0 Å². The molecule has 7 heteroatoms. The normalized spacial score (nSPS) is 35.2. The van der Waals surface area contributed by atoms with Crippen molar-refractivity contribution in [1.82, 2.24) is 15.2 Å². The highest BCUT2D eigenvalue weighted by Gasteiger charge is 2.46. The molecular weight excluding hydrogens is 396 g/mol. The van der Waals surface area contributed by atoms with Gasteiger partial charge in [0.2, 0.25) is 5.91 Å². The van der Waals surface area contributed by atoms with Gasteiger partial charge in [-0.3, -0.25) is 19.6 Å². The van der Waals surface area contributed by atoms with Crippen LogP contribution in [0.25, 0.3) is 0 Å². The van der Waals surface area contributed by atoms with Crippen LogP contribution < -0.4 is 5.32 Å². The molecule has 0 radical (unpaired) electrons. The van der Waals surface area contributed by atoms with Gasteiger partial charge in [-0.2, -0.15) is 0 Å². The van der Waals surface area contributed by atoms with E-state index in [0.717, 1.165) is 49.4 Å². The van der Waals surface area contributed by atoms with Crippen LogP contribution in [0.1, 0.15) is 62.2 Å². The number of amidine groups is 1. The zero-order valence-corrected chi connectivity index (χ0v) is 18.4. The summed E-state index contributed by atoms with van der Waals surface area (Å²) < 4.78 is -0.446. The average molecular weight is 427 g/mol. The van der Waals surface area contributed by atoms with Gasteiger partial charge >= 0.3 is 0 Å². The smallest absolute Gasteiger partial charge is 0.253 e. The molecule has 4 aliphatic rings. The molecule has 160 valence electrons. The van der Waals surface area contributed by atoms with Gasteiger partial charge in [-0.05, 0) is 75.3 Å². The molecular formula is C23H30N4O2S. The van der Waals surface area contributed by atoms with Gasteiger partial charge in [-0.25, -0.2) is 0 Å². The van der Waals surface area contributed by atoms with Crippen LogP contribution in [-0.4, -0.2) is 50.7 Å². The molecule has 2 aliphatic heterocycles. The number of nitrogens with one attached hydrogen (secondary N) is 1. The Morgan fingerprint density at radius 1 is 1.23 bits per heavy atom. The fourth-order valence-electron chi connectivity index (χ4n) is 5.80. The number of carbonyl (C=O) groups is 2. The summed E-state index contributed by atoms with van der Waals surface area (Å²) in [6.07, 6.45) is 11.2. The number of carbonyl (C=O) groups excluding carboxylic acids is 2. The van der Waals surface area contributed by atoms with Crippen molar-refractivity contribution in [3.05, 3.63) is 30.1 Å². The van der Waals surface area contributed by atoms with Crippen molar-refractivity contribution in [1.29, 1.82) is 0 Å². The van der Waals surface area contributed by atoms with Gasteiger partial charge < -0.3 is 10.2 Å². The van der Waals surface area contributed by atoms with Gasteiger partial charge in [0, 0.05) is 31.0 Å². The fraction of sp³-hybridized carbons (Fsp3) is 0.652. The second-order valence-electron chi connectivity index (χ2n) is 9.64. The first kappa shape index (κ1) is 20.0. The third kappa shape index (κ3) is 3.88. The summed E-state index contributed by atoms with van der Waals surface area (Å²) in [7, 11) is 0. The van der Waals surface area contributed by atoms with Crippen LogP contribution in [-0.2, 0) is 4.79 Å². The Balaban J connectivity index is 1.16. The third-order valence-electron chi connectivity index (χ3n) is 7.51. The number of aliphatic imine (C=N–C) groups is 1. The molecule has 1 unspecified atom stereocenters. The standard InChI is InChI=1S/C23H30N4O2S/c1-23(21(29)26-22(30-23)25-19-13-16-2-3-18(19)12-16)14-15-6-10-27(11-7-15)20(28)17-4-8-24-9-5-17/h4-5,8-9,15-16,18-19H,2-3,6-7,10-14H2,1H3,(H,25,26,29)/t16-,18-,19-,23?/m0/s1. The van der Waals surface area contributed by atoms with Gasteiger partial charge in [0.25, 0.3) is 5.91 Å². The number of thioether (sulfide) groups is 1. The molecule has 2 amide bonds. The number of nitrogens with zero attached hydrogens (tertiary/aromatic N) is 3. The van der Waals surface area contributed by atoms with Crippen molar-refractivity contribution < 1.29 is 9.59 Å². The minimum Gasteiger partial charge on any atom is -0.339 e.